The van der Waals surface area contributed by atoms with Gasteiger partial charge < -0.3 is 20.1 Å². The molecule has 1 aliphatic heterocycles. The number of nitrogens with one attached hydrogen (secondary N) is 1. The van der Waals surface area contributed by atoms with Gasteiger partial charge in [0.25, 0.3) is 0 Å². The summed E-state index contributed by atoms with van der Waals surface area (Å²) >= 11 is 5.78. The SMILES string of the molecule is CC(C)c1ccc2nc(CNc3cc(O)ncn3)cn2c1.Clc1cccc(C2C[N-]2)c1.[Y]. The van der Waals surface area contributed by atoms with Gasteiger partial charge in [-0.15, -0.1) is 6.04 Å². The molecule has 1 fully saturated rings. The fraction of sp³-hybridized carbons (Fsp3) is 0.261. The molecule has 0 bridgehead atoms. The Morgan fingerprint density at radius 1 is 1.19 bits per heavy atom. The van der Waals surface area contributed by atoms with E-state index in [1.165, 1.54) is 23.5 Å². The molecule has 163 valence electrons. The Morgan fingerprint density at radius 2 is 2.00 bits per heavy atom. The molecule has 0 saturated carbocycles. The predicted octanol–water partition coefficient (Wildman–Crippen LogP) is 5.33. The molecule has 4 aromatic rings. The van der Waals surface area contributed by atoms with Gasteiger partial charge in [-0.3, -0.25) is 0 Å². The molecule has 1 saturated heterocycles. The van der Waals surface area contributed by atoms with E-state index >= 15 is 0 Å². The summed E-state index contributed by atoms with van der Waals surface area (Å²) in [7, 11) is 0. The second-order valence-electron chi connectivity index (χ2n) is 7.67. The number of aromatic hydroxyl groups is 1. The summed E-state index contributed by atoms with van der Waals surface area (Å²) in [6.07, 6.45) is 5.42. The second-order valence-corrected chi connectivity index (χ2v) is 8.10. The summed E-state index contributed by atoms with van der Waals surface area (Å²) in [5, 5.41) is 17.4. The topological polar surface area (TPSA) is 89.4 Å². The molecular formula is C23H24ClN6OY-. The van der Waals surface area contributed by atoms with Crippen molar-refractivity contribution in [3.8, 4) is 5.88 Å². The van der Waals surface area contributed by atoms with Gasteiger partial charge in [0, 0.05) is 56.2 Å². The second kappa shape index (κ2) is 11.2. The maximum Gasteiger partial charge on any atom is 0.215 e. The van der Waals surface area contributed by atoms with Crippen LogP contribution in [-0.4, -0.2) is 31.0 Å². The smallest absolute Gasteiger partial charge is 0.215 e. The predicted molar refractivity (Wildman–Crippen MR) is 123 cm³/mol. The van der Waals surface area contributed by atoms with Crippen LogP contribution in [0.15, 0.2) is 61.2 Å². The average molecular weight is 525 g/mol. The van der Waals surface area contributed by atoms with Crippen molar-refractivity contribution in [3.63, 3.8) is 0 Å². The molecule has 0 amide bonds. The molecule has 5 rings (SSSR count). The molecule has 1 atom stereocenters. The molecule has 1 aromatic carbocycles. The van der Waals surface area contributed by atoms with Gasteiger partial charge in [0.2, 0.25) is 5.88 Å². The number of aromatic nitrogens is 4. The minimum absolute atomic E-state index is 0. The van der Waals surface area contributed by atoms with Crippen LogP contribution in [0.1, 0.15) is 42.6 Å². The van der Waals surface area contributed by atoms with E-state index < -0.39 is 0 Å². The number of hydrogen-bond acceptors (Lipinski definition) is 5. The van der Waals surface area contributed by atoms with E-state index in [1.807, 2.05) is 34.9 Å². The number of halogens is 1. The molecule has 1 radical (unpaired) electrons. The number of fused-ring (bicyclic) bond motifs is 1. The zero-order chi connectivity index (χ0) is 21.8. The summed E-state index contributed by atoms with van der Waals surface area (Å²) in [4.78, 5) is 12.2. The van der Waals surface area contributed by atoms with Gasteiger partial charge in [-0.2, -0.15) is 6.54 Å². The van der Waals surface area contributed by atoms with Crippen molar-refractivity contribution < 1.29 is 37.8 Å². The van der Waals surface area contributed by atoms with Crippen molar-refractivity contribution in [2.45, 2.75) is 32.4 Å². The van der Waals surface area contributed by atoms with Crippen LogP contribution in [0.2, 0.25) is 5.02 Å². The van der Waals surface area contributed by atoms with Crippen LogP contribution in [0.3, 0.4) is 0 Å². The fourth-order valence-electron chi connectivity index (χ4n) is 3.09. The van der Waals surface area contributed by atoms with E-state index in [0.717, 1.165) is 22.9 Å². The van der Waals surface area contributed by atoms with Crippen molar-refractivity contribution >= 4 is 23.1 Å². The van der Waals surface area contributed by atoms with E-state index in [9.17, 15) is 5.11 Å². The first kappa shape index (κ1) is 24.6. The number of imidazole rings is 1. The number of hydrogen-bond donors (Lipinski definition) is 2. The average Bonchev–Trinajstić information content (AvgIpc) is 3.52. The summed E-state index contributed by atoms with van der Waals surface area (Å²) in [5.74, 6) is 1.01. The van der Waals surface area contributed by atoms with E-state index in [0.29, 0.717) is 24.3 Å². The molecule has 4 heterocycles. The van der Waals surface area contributed by atoms with Gasteiger partial charge >= 0.3 is 0 Å². The normalized spacial score (nSPS) is 14.4. The standard InChI is InChI=1S/C15H17N5O.C8H7ClN.Y/c1-10(2)11-3-4-14-19-12(8-20(14)7-11)6-16-13-5-15(21)18-9-17-13;9-7-3-1-2-6(4-7)8-5-10-8;/h3-5,7-10H,6H2,1-2H3,(H2,16,17,18,21);1-4,8H,5H2;/q;-1;. The van der Waals surface area contributed by atoms with E-state index in [-0.39, 0.29) is 38.6 Å². The minimum Gasteiger partial charge on any atom is -0.658 e. The quantitative estimate of drug-likeness (QED) is 0.344. The van der Waals surface area contributed by atoms with Crippen LogP contribution in [0, 0.1) is 0 Å². The molecular weight excluding hydrogens is 501 g/mol. The fourth-order valence-corrected chi connectivity index (χ4v) is 3.29. The molecule has 9 heteroatoms. The van der Waals surface area contributed by atoms with Crippen LogP contribution in [-0.2, 0) is 39.3 Å². The number of rotatable bonds is 5. The van der Waals surface area contributed by atoms with Gasteiger partial charge in [0.15, 0.2) is 0 Å². The van der Waals surface area contributed by atoms with Crippen LogP contribution in [0.5, 0.6) is 5.88 Å². The Labute approximate surface area is 217 Å². The third-order valence-electron chi connectivity index (χ3n) is 4.89. The number of pyridine rings is 1. The van der Waals surface area contributed by atoms with Crippen molar-refractivity contribution in [3.05, 3.63) is 88.3 Å². The zero-order valence-corrected chi connectivity index (χ0v) is 21.6. The molecule has 1 unspecified atom stereocenters. The van der Waals surface area contributed by atoms with Gasteiger partial charge in [0.1, 0.15) is 17.8 Å². The molecule has 1 aliphatic rings. The Hall–Kier alpha value is -2.06. The van der Waals surface area contributed by atoms with Gasteiger partial charge in [-0.05, 0) is 29.7 Å². The van der Waals surface area contributed by atoms with Crippen LogP contribution >= 0.6 is 11.6 Å². The Kier molecular flexibility index (Phi) is 8.60. The summed E-state index contributed by atoms with van der Waals surface area (Å²) in [6.45, 7) is 5.85. The van der Waals surface area contributed by atoms with Crippen LogP contribution in [0.4, 0.5) is 5.82 Å². The number of nitrogens with zero attached hydrogens (tertiary/aromatic N) is 5. The monoisotopic (exact) mass is 524 g/mol. The summed E-state index contributed by atoms with van der Waals surface area (Å²) in [6, 6.07) is 13.9. The summed E-state index contributed by atoms with van der Waals surface area (Å²) in [5.41, 5.74) is 4.35. The molecule has 7 nitrogen and oxygen atoms in total. The van der Waals surface area contributed by atoms with E-state index in [2.05, 4.69) is 57.8 Å². The Bertz CT molecular complexity index is 1180. The third-order valence-corrected chi connectivity index (χ3v) is 5.13. The first-order valence-electron chi connectivity index (χ1n) is 10.1. The van der Waals surface area contributed by atoms with Crippen molar-refractivity contribution in [1.29, 1.82) is 0 Å². The number of anilines is 1. The van der Waals surface area contributed by atoms with Gasteiger partial charge in [-0.1, -0.05) is 49.2 Å². The van der Waals surface area contributed by atoms with E-state index in [1.54, 1.807) is 0 Å². The van der Waals surface area contributed by atoms with Gasteiger partial charge in [-0.25, -0.2) is 15.0 Å². The Morgan fingerprint density at radius 3 is 2.69 bits per heavy atom. The first-order valence-corrected chi connectivity index (χ1v) is 10.5. The summed E-state index contributed by atoms with van der Waals surface area (Å²) < 4.78 is 2.03. The van der Waals surface area contributed by atoms with Crippen LogP contribution < -0.4 is 5.32 Å². The molecule has 0 spiro atoms. The maximum absolute atomic E-state index is 9.30. The van der Waals surface area contributed by atoms with E-state index in [4.69, 9.17) is 11.6 Å². The van der Waals surface area contributed by atoms with Crippen molar-refractivity contribution in [2.75, 3.05) is 11.9 Å². The largest absolute Gasteiger partial charge is 0.658 e. The van der Waals surface area contributed by atoms with Crippen molar-refractivity contribution in [1.82, 2.24) is 19.4 Å². The number of benzene rings is 1. The van der Waals surface area contributed by atoms with Crippen molar-refractivity contribution in [2.24, 2.45) is 0 Å². The Balaban J connectivity index is 0.000000220. The first-order chi connectivity index (χ1) is 15.0. The molecule has 2 N–H and O–H groups in total. The van der Waals surface area contributed by atoms with Crippen LogP contribution in [0.25, 0.3) is 11.0 Å². The molecule has 32 heavy (non-hydrogen) atoms. The third kappa shape index (κ3) is 6.72. The maximum atomic E-state index is 9.30. The molecule has 0 aliphatic carbocycles. The van der Waals surface area contributed by atoms with Gasteiger partial charge in [0.05, 0.1) is 12.2 Å². The molecule has 3 aromatic heterocycles. The zero-order valence-electron chi connectivity index (χ0n) is 18.0. The minimum atomic E-state index is -0.0518.